The van der Waals surface area contributed by atoms with Gasteiger partial charge in [0.2, 0.25) is 10.5 Å². The summed E-state index contributed by atoms with van der Waals surface area (Å²) in [5, 5.41) is -3.03. The van der Waals surface area contributed by atoms with Gasteiger partial charge in [-0.15, -0.1) is 0 Å². The summed E-state index contributed by atoms with van der Waals surface area (Å²) in [6, 6.07) is 0. The summed E-state index contributed by atoms with van der Waals surface area (Å²) >= 11 is 0. The zero-order valence-electron chi connectivity index (χ0n) is 15.3. The van der Waals surface area contributed by atoms with Crippen LogP contribution >= 0.6 is 30.4 Å². The summed E-state index contributed by atoms with van der Waals surface area (Å²) in [6.07, 6.45) is -0.751. The highest BCUT2D eigenvalue weighted by molar-refractivity contribution is 7.74. The van der Waals surface area contributed by atoms with Crippen LogP contribution in [0.1, 0.15) is 34.1 Å². The first kappa shape index (κ1) is 27.6. The summed E-state index contributed by atoms with van der Waals surface area (Å²) in [5.41, 5.74) is -2.96. The Balaban J connectivity index is 7.21. The highest BCUT2D eigenvalue weighted by Crippen LogP contribution is 2.79. The second-order valence-corrected chi connectivity index (χ2v) is 13.5. The SMILES string of the molecule is CCOP(=O)(OCC)C(CC)(N(CC)C(P(=O)(O)O)P(=O)(O)O)P(=O)(O)O. The van der Waals surface area contributed by atoms with Gasteiger partial charge in [0.15, 0.2) is 0 Å². The maximum atomic E-state index is 13.4. The normalized spacial score (nSPS) is 16.7. The molecule has 0 saturated heterocycles. The molecule has 1 atom stereocenters. The molecule has 0 aromatic heterocycles. The molecule has 0 aromatic carbocycles. The Kier molecular flexibility index (Phi) is 9.78. The molecule has 17 heteroatoms. The van der Waals surface area contributed by atoms with Crippen LogP contribution in [0.15, 0.2) is 0 Å². The Morgan fingerprint density at radius 1 is 0.815 bits per heavy atom. The lowest BCUT2D eigenvalue weighted by Gasteiger charge is -2.48. The molecule has 0 aliphatic heterocycles. The average molecular weight is 477 g/mol. The van der Waals surface area contributed by atoms with Gasteiger partial charge >= 0.3 is 30.4 Å². The monoisotopic (exact) mass is 477 g/mol. The molecular formula is C10H27NO12P4. The molecule has 0 amide bonds. The molecule has 27 heavy (non-hydrogen) atoms. The Hall–Kier alpha value is 0.560. The van der Waals surface area contributed by atoms with Crippen molar-refractivity contribution in [2.24, 2.45) is 0 Å². The van der Waals surface area contributed by atoms with E-state index >= 15 is 0 Å². The van der Waals surface area contributed by atoms with Crippen molar-refractivity contribution in [1.29, 1.82) is 0 Å². The largest absolute Gasteiger partial charge is 0.363 e. The average Bonchev–Trinajstić information content (AvgIpc) is 2.43. The van der Waals surface area contributed by atoms with Gasteiger partial charge in [0.1, 0.15) is 0 Å². The van der Waals surface area contributed by atoms with Crippen LogP contribution < -0.4 is 0 Å². The molecule has 0 bridgehead atoms. The van der Waals surface area contributed by atoms with Crippen LogP contribution in [-0.4, -0.2) is 64.6 Å². The molecule has 13 nitrogen and oxygen atoms in total. The van der Waals surface area contributed by atoms with Gasteiger partial charge in [0.25, 0.3) is 0 Å². The second-order valence-electron chi connectivity index (χ2n) is 5.32. The predicted molar refractivity (Wildman–Crippen MR) is 96.2 cm³/mol. The molecular weight excluding hydrogens is 450 g/mol. The van der Waals surface area contributed by atoms with Crippen molar-refractivity contribution >= 4 is 30.4 Å². The summed E-state index contributed by atoms with van der Waals surface area (Å²) in [7, 11) is -21.8. The minimum absolute atomic E-state index is 0.168. The molecule has 0 radical (unpaired) electrons. The quantitative estimate of drug-likeness (QED) is 0.220. The maximum absolute atomic E-state index is 13.4. The third-order valence-corrected chi connectivity index (χ3v) is 12.9. The van der Waals surface area contributed by atoms with E-state index in [4.69, 9.17) is 9.05 Å². The molecule has 0 saturated carbocycles. The van der Waals surface area contributed by atoms with Crippen molar-refractivity contribution in [2.75, 3.05) is 19.8 Å². The molecule has 6 N–H and O–H groups in total. The highest BCUT2D eigenvalue weighted by atomic mass is 31.2. The van der Waals surface area contributed by atoms with Gasteiger partial charge in [-0.3, -0.25) is 23.2 Å². The van der Waals surface area contributed by atoms with Gasteiger partial charge in [-0.1, -0.05) is 13.8 Å². The van der Waals surface area contributed by atoms with E-state index in [1.165, 1.54) is 13.8 Å². The first-order chi connectivity index (χ1) is 12.0. The van der Waals surface area contributed by atoms with Crippen molar-refractivity contribution in [1.82, 2.24) is 4.90 Å². The zero-order valence-corrected chi connectivity index (χ0v) is 18.9. The van der Waals surface area contributed by atoms with Crippen molar-refractivity contribution in [3.63, 3.8) is 0 Å². The molecule has 0 aliphatic carbocycles. The molecule has 0 rings (SSSR count). The lowest BCUT2D eigenvalue weighted by atomic mass is 10.4. The third-order valence-electron chi connectivity index (χ3n) is 3.66. The summed E-state index contributed by atoms with van der Waals surface area (Å²) in [6.45, 7) is 3.55. The van der Waals surface area contributed by atoms with Gasteiger partial charge in [-0.2, -0.15) is 0 Å². The maximum Gasteiger partial charge on any atom is 0.363 e. The van der Waals surface area contributed by atoms with E-state index < -0.39 is 53.9 Å². The van der Waals surface area contributed by atoms with E-state index in [0.29, 0.717) is 0 Å². The minimum atomic E-state index is -5.67. The number of rotatable bonds is 12. The summed E-state index contributed by atoms with van der Waals surface area (Å²) in [4.78, 5) is 58.3. The molecule has 0 heterocycles. The summed E-state index contributed by atoms with van der Waals surface area (Å²) in [5.74, 6) is 0. The standard InChI is InChI=1S/C10H27NO12P4/c1-5-10(26(18,19)20,27(21,22-7-3)23-8-4)11(6-2)9(24(12,13)14)25(15,16)17/h9H,5-8H2,1-4H3,(H2,12,13,14)(H2,15,16,17)(H2,18,19,20). The topological polar surface area (TPSA) is 211 Å². The Morgan fingerprint density at radius 3 is 1.37 bits per heavy atom. The lowest BCUT2D eigenvalue weighted by molar-refractivity contribution is 0.118. The zero-order chi connectivity index (χ0) is 21.9. The third kappa shape index (κ3) is 5.58. The van der Waals surface area contributed by atoms with Crippen LogP contribution in [0, 0.1) is 0 Å². The van der Waals surface area contributed by atoms with E-state index in [-0.39, 0.29) is 18.1 Å². The van der Waals surface area contributed by atoms with Gasteiger partial charge < -0.3 is 38.4 Å². The van der Waals surface area contributed by atoms with Gasteiger partial charge in [-0.25, -0.2) is 0 Å². The van der Waals surface area contributed by atoms with E-state index in [0.717, 1.165) is 13.8 Å². The van der Waals surface area contributed by atoms with Crippen LogP contribution in [0.25, 0.3) is 0 Å². The van der Waals surface area contributed by atoms with Crippen LogP contribution in [0.5, 0.6) is 0 Å². The summed E-state index contributed by atoms with van der Waals surface area (Å²) < 4.78 is 59.5. The number of hydrogen-bond donors (Lipinski definition) is 6. The van der Waals surface area contributed by atoms with E-state index in [1.807, 2.05) is 0 Å². The van der Waals surface area contributed by atoms with E-state index in [2.05, 4.69) is 0 Å². The number of hydrogen-bond acceptors (Lipinski definition) is 7. The van der Waals surface area contributed by atoms with Gasteiger partial charge in [0, 0.05) is 0 Å². The van der Waals surface area contributed by atoms with Gasteiger partial charge in [0.05, 0.1) is 13.2 Å². The van der Waals surface area contributed by atoms with E-state index in [1.54, 1.807) is 0 Å². The molecule has 0 spiro atoms. The first-order valence-corrected chi connectivity index (χ1v) is 14.3. The second kappa shape index (κ2) is 9.58. The number of nitrogens with zero attached hydrogens (tertiary/aromatic N) is 1. The van der Waals surface area contributed by atoms with Crippen LogP contribution in [0.3, 0.4) is 0 Å². The fourth-order valence-corrected chi connectivity index (χ4v) is 11.0. The van der Waals surface area contributed by atoms with Crippen LogP contribution in [0.2, 0.25) is 0 Å². The fourth-order valence-electron chi connectivity index (χ4n) is 2.83. The minimum Gasteiger partial charge on any atom is -0.323 e. The van der Waals surface area contributed by atoms with Crippen LogP contribution in [-0.2, 0) is 27.3 Å². The first-order valence-electron chi connectivity index (χ1n) is 7.82. The Bertz CT molecular complexity index is 650. The Labute approximate surface area is 157 Å². The van der Waals surface area contributed by atoms with Crippen molar-refractivity contribution in [2.45, 2.75) is 44.7 Å². The molecule has 0 fully saturated rings. The van der Waals surface area contributed by atoms with Crippen LogP contribution in [0.4, 0.5) is 0 Å². The smallest absolute Gasteiger partial charge is 0.323 e. The Morgan fingerprint density at radius 2 is 1.19 bits per heavy atom. The predicted octanol–water partition coefficient (Wildman–Crippen LogP) is 1.45. The fraction of sp³-hybridized carbons (Fsp3) is 1.00. The van der Waals surface area contributed by atoms with Gasteiger partial charge in [-0.05, 0) is 26.8 Å². The molecule has 0 aliphatic rings. The molecule has 0 aromatic rings. The van der Waals surface area contributed by atoms with E-state index in [9.17, 15) is 47.6 Å². The van der Waals surface area contributed by atoms with Crippen molar-refractivity contribution < 1.29 is 56.7 Å². The molecule has 164 valence electrons. The van der Waals surface area contributed by atoms with Crippen molar-refractivity contribution in [3.8, 4) is 0 Å². The molecule has 1 unspecified atom stereocenters. The van der Waals surface area contributed by atoms with Crippen molar-refractivity contribution in [3.05, 3.63) is 0 Å². The lowest BCUT2D eigenvalue weighted by Crippen LogP contribution is -2.53. The highest BCUT2D eigenvalue weighted by Gasteiger charge is 2.69.